The monoisotopic (exact) mass is 213 g/mol. The van der Waals surface area contributed by atoms with Crippen LogP contribution in [0, 0.1) is 6.61 Å². The van der Waals surface area contributed by atoms with Gasteiger partial charge in [-0.1, -0.05) is 0 Å². The quantitative estimate of drug-likeness (QED) is 0.328. The Hall–Kier alpha value is -0.0100. The van der Waals surface area contributed by atoms with Gasteiger partial charge in [0.15, 0.2) is 5.85 Å². The Balaban J connectivity index is 2.69. The van der Waals surface area contributed by atoms with Gasteiger partial charge in [0.05, 0.1) is 0 Å². The molecule has 0 spiro atoms. The molecule has 1 heterocycles. The summed E-state index contributed by atoms with van der Waals surface area (Å²) in [7, 11) is -4.73. The van der Waals surface area contributed by atoms with E-state index in [0.717, 1.165) is 6.61 Å². The lowest BCUT2D eigenvalue weighted by atomic mass is 10.2. The SMILES string of the molecule is O=P(O)(O)C(O)[C@H]1O[CH][C@H](O)[C@@H]1O. The van der Waals surface area contributed by atoms with Gasteiger partial charge in [-0.2, -0.15) is 0 Å². The zero-order valence-corrected chi connectivity index (χ0v) is 7.28. The maximum Gasteiger partial charge on any atom is 0.356 e. The minimum absolute atomic E-state index is 0.814. The van der Waals surface area contributed by atoms with Crippen LogP contribution in [0.5, 0.6) is 0 Å². The highest BCUT2D eigenvalue weighted by Crippen LogP contribution is 2.44. The van der Waals surface area contributed by atoms with Crippen molar-refractivity contribution in [1.29, 1.82) is 0 Å². The minimum atomic E-state index is -4.73. The van der Waals surface area contributed by atoms with Gasteiger partial charge in [0.1, 0.15) is 24.9 Å². The molecule has 4 atom stereocenters. The Kier molecular flexibility index (Phi) is 3.09. The van der Waals surface area contributed by atoms with Gasteiger partial charge in [-0.05, 0) is 0 Å². The number of rotatable bonds is 2. The summed E-state index contributed by atoms with van der Waals surface area (Å²) in [6, 6.07) is 0. The molecule has 0 aliphatic carbocycles. The third kappa shape index (κ3) is 2.26. The molecule has 1 aliphatic heterocycles. The fourth-order valence-corrected chi connectivity index (χ4v) is 1.59. The summed E-state index contributed by atoms with van der Waals surface area (Å²) in [6.07, 6.45) is -4.36. The number of aliphatic hydroxyl groups is 3. The van der Waals surface area contributed by atoms with E-state index in [1.54, 1.807) is 0 Å². The average Bonchev–Trinajstić information content (AvgIpc) is 2.30. The van der Waals surface area contributed by atoms with Gasteiger partial charge in [0, 0.05) is 0 Å². The molecule has 0 aromatic heterocycles. The van der Waals surface area contributed by atoms with Crippen molar-refractivity contribution < 1.29 is 34.4 Å². The van der Waals surface area contributed by atoms with E-state index >= 15 is 0 Å². The zero-order valence-electron chi connectivity index (χ0n) is 6.39. The molecule has 1 aliphatic rings. The summed E-state index contributed by atoms with van der Waals surface area (Å²) in [5, 5.41) is 27.0. The molecule has 13 heavy (non-hydrogen) atoms. The maximum atomic E-state index is 10.5. The third-order valence-corrected chi connectivity index (χ3v) is 2.68. The van der Waals surface area contributed by atoms with E-state index in [-0.39, 0.29) is 0 Å². The molecule has 0 bridgehead atoms. The van der Waals surface area contributed by atoms with E-state index in [1.807, 2.05) is 0 Å². The van der Waals surface area contributed by atoms with E-state index in [0.29, 0.717) is 0 Å². The van der Waals surface area contributed by atoms with Crippen LogP contribution in [0.15, 0.2) is 0 Å². The molecule has 1 saturated heterocycles. The highest BCUT2D eigenvalue weighted by molar-refractivity contribution is 7.52. The molecule has 1 radical (unpaired) electrons. The first kappa shape index (κ1) is 11.1. The normalized spacial score (nSPS) is 37.8. The van der Waals surface area contributed by atoms with Crippen LogP contribution >= 0.6 is 7.60 Å². The van der Waals surface area contributed by atoms with Gasteiger partial charge >= 0.3 is 7.60 Å². The molecule has 0 aromatic rings. The number of hydrogen-bond acceptors (Lipinski definition) is 5. The highest BCUT2D eigenvalue weighted by Gasteiger charge is 2.46. The van der Waals surface area contributed by atoms with Crippen molar-refractivity contribution in [2.75, 3.05) is 0 Å². The molecule has 7 nitrogen and oxygen atoms in total. The van der Waals surface area contributed by atoms with Gasteiger partial charge < -0.3 is 29.8 Å². The highest BCUT2D eigenvalue weighted by atomic mass is 31.2. The number of aliphatic hydroxyl groups excluding tert-OH is 3. The topological polar surface area (TPSA) is 127 Å². The summed E-state index contributed by atoms with van der Waals surface area (Å²) in [6.45, 7) is 0.814. The molecule has 0 aromatic carbocycles. The summed E-state index contributed by atoms with van der Waals surface area (Å²) < 4.78 is 15.0. The van der Waals surface area contributed by atoms with Crippen LogP contribution in [0.2, 0.25) is 0 Å². The second-order valence-electron chi connectivity index (χ2n) is 2.72. The molecule has 0 saturated carbocycles. The van der Waals surface area contributed by atoms with Crippen molar-refractivity contribution in [2.45, 2.75) is 24.2 Å². The van der Waals surface area contributed by atoms with E-state index in [9.17, 15) is 4.57 Å². The molecular weight excluding hydrogens is 203 g/mol. The molecular formula is C5H10O7P. The van der Waals surface area contributed by atoms with Gasteiger partial charge in [-0.3, -0.25) is 4.57 Å². The lowest BCUT2D eigenvalue weighted by Crippen LogP contribution is -2.38. The standard InChI is InChI=1S/C5H10O7P/c6-2-1-12-4(3(2)7)5(8)13(9,10)11/h1-8H,(H2,9,10,11)/t2-,3-,4-,5?/m0/s1. The summed E-state index contributed by atoms with van der Waals surface area (Å²) >= 11 is 0. The van der Waals surface area contributed by atoms with Gasteiger partial charge in [-0.15, -0.1) is 0 Å². The van der Waals surface area contributed by atoms with E-state index < -0.39 is 31.8 Å². The fraction of sp³-hybridized carbons (Fsp3) is 0.800. The van der Waals surface area contributed by atoms with Crippen molar-refractivity contribution >= 4 is 7.60 Å². The first-order chi connectivity index (χ1) is 5.84. The Morgan fingerprint density at radius 1 is 1.38 bits per heavy atom. The van der Waals surface area contributed by atoms with Gasteiger partial charge in [0.25, 0.3) is 0 Å². The largest absolute Gasteiger partial charge is 0.387 e. The summed E-state index contributed by atoms with van der Waals surface area (Å²) in [5.74, 6) is -2.13. The van der Waals surface area contributed by atoms with E-state index in [2.05, 4.69) is 4.74 Å². The summed E-state index contributed by atoms with van der Waals surface area (Å²) in [5.41, 5.74) is 0. The Morgan fingerprint density at radius 2 is 1.92 bits per heavy atom. The van der Waals surface area contributed by atoms with Crippen molar-refractivity contribution in [3.63, 3.8) is 0 Å². The molecule has 77 valence electrons. The van der Waals surface area contributed by atoms with Crippen LogP contribution < -0.4 is 0 Å². The van der Waals surface area contributed by atoms with Crippen LogP contribution in [-0.2, 0) is 9.30 Å². The van der Waals surface area contributed by atoms with Crippen molar-refractivity contribution in [2.24, 2.45) is 0 Å². The van der Waals surface area contributed by atoms with Gasteiger partial charge in [-0.25, -0.2) is 0 Å². The van der Waals surface area contributed by atoms with Crippen molar-refractivity contribution in [3.05, 3.63) is 6.61 Å². The molecule has 1 unspecified atom stereocenters. The lowest BCUT2D eigenvalue weighted by molar-refractivity contribution is -0.0245. The van der Waals surface area contributed by atoms with Crippen LogP contribution in [0.25, 0.3) is 0 Å². The van der Waals surface area contributed by atoms with Crippen LogP contribution in [-0.4, -0.2) is 49.3 Å². The molecule has 0 amide bonds. The Morgan fingerprint density at radius 3 is 2.23 bits per heavy atom. The Bertz CT molecular complexity index is 225. The fourth-order valence-electron chi connectivity index (χ4n) is 0.965. The minimum Gasteiger partial charge on any atom is -0.387 e. The average molecular weight is 213 g/mol. The molecule has 1 rings (SSSR count). The number of hydrogen-bond donors (Lipinski definition) is 5. The van der Waals surface area contributed by atoms with Crippen LogP contribution in [0.4, 0.5) is 0 Å². The van der Waals surface area contributed by atoms with Crippen LogP contribution in [0.3, 0.4) is 0 Å². The first-order valence-corrected chi connectivity index (χ1v) is 5.10. The second-order valence-corrected chi connectivity index (χ2v) is 4.43. The van der Waals surface area contributed by atoms with E-state index in [4.69, 9.17) is 25.1 Å². The van der Waals surface area contributed by atoms with Crippen molar-refractivity contribution in [1.82, 2.24) is 0 Å². The predicted octanol–water partition coefficient (Wildman–Crippen LogP) is -2.24. The van der Waals surface area contributed by atoms with Gasteiger partial charge in [0.2, 0.25) is 0 Å². The van der Waals surface area contributed by atoms with Crippen molar-refractivity contribution in [3.8, 4) is 0 Å². The first-order valence-electron chi connectivity index (χ1n) is 3.42. The molecule has 1 fully saturated rings. The lowest BCUT2D eigenvalue weighted by Gasteiger charge is -2.21. The third-order valence-electron chi connectivity index (χ3n) is 1.70. The van der Waals surface area contributed by atoms with Crippen LogP contribution in [0.1, 0.15) is 0 Å². The summed E-state index contributed by atoms with van der Waals surface area (Å²) in [4.78, 5) is 17.1. The zero-order chi connectivity index (χ0) is 10.2. The number of ether oxygens (including phenoxy) is 1. The molecule has 5 N–H and O–H groups in total. The smallest absolute Gasteiger partial charge is 0.356 e. The molecule has 8 heteroatoms. The predicted molar refractivity (Wildman–Crippen MR) is 39.2 cm³/mol. The Labute approximate surface area is 73.7 Å². The second kappa shape index (κ2) is 3.62. The van der Waals surface area contributed by atoms with E-state index in [1.165, 1.54) is 0 Å². The maximum absolute atomic E-state index is 10.5.